The van der Waals surface area contributed by atoms with Gasteiger partial charge in [-0.3, -0.25) is 34.3 Å². The van der Waals surface area contributed by atoms with Gasteiger partial charge in [-0.1, -0.05) is 60.1 Å². The first-order valence-electron chi connectivity index (χ1n) is 19.0. The Labute approximate surface area is 349 Å². The fourth-order valence-corrected chi connectivity index (χ4v) is 7.77. The number of aromatic hydroxyl groups is 1. The molecule has 4 rings (SSSR count). The van der Waals surface area contributed by atoms with E-state index in [1.165, 1.54) is 24.3 Å². The van der Waals surface area contributed by atoms with E-state index in [0.29, 0.717) is 29.9 Å². The average molecular weight is 878 g/mol. The normalized spacial score (nSPS) is 13.7. The number of phenols is 1. The van der Waals surface area contributed by atoms with Crippen LogP contribution in [0.4, 0.5) is 5.69 Å². The van der Waals surface area contributed by atoms with Crippen molar-refractivity contribution in [3.63, 3.8) is 0 Å². The molecule has 2 amide bonds. The summed E-state index contributed by atoms with van der Waals surface area (Å²) in [6.45, 7) is 7.10. The van der Waals surface area contributed by atoms with E-state index in [0.717, 1.165) is 26.9 Å². The number of benzene rings is 3. The van der Waals surface area contributed by atoms with Gasteiger partial charge in [0.2, 0.25) is 17.6 Å². The van der Waals surface area contributed by atoms with Gasteiger partial charge in [-0.25, -0.2) is 4.98 Å². The van der Waals surface area contributed by atoms with Crippen LogP contribution in [0.1, 0.15) is 80.7 Å². The van der Waals surface area contributed by atoms with E-state index in [1.807, 2.05) is 62.4 Å². The third-order valence-electron chi connectivity index (χ3n) is 9.40. The number of aliphatic imine (C=N–C) groups is 1. The van der Waals surface area contributed by atoms with E-state index in [2.05, 4.69) is 36.5 Å². The number of nitrogens with one attached hydrogen (secondary N) is 2. The van der Waals surface area contributed by atoms with E-state index in [9.17, 15) is 39.2 Å². The summed E-state index contributed by atoms with van der Waals surface area (Å²) < 4.78 is 1.65. The molecule has 0 unspecified atom stereocenters. The molecule has 308 valence electrons. The highest BCUT2D eigenvalue weighted by Gasteiger charge is 2.33. The number of nitrogens with two attached hydrogens (primary N) is 1. The SMILES string of the molecule is CC(=O)C[C@@H](Cc1ccc(O)c([N+](=O)[O-])c1)C(=O)N[C@@H](CC(C)C)C(=O)C[C@@H](Cc1ccc(Br)cc1)C(=O)N[C@@H](CCCN=C(C)N)C(=O)c1nc2ccccc2s1. The smallest absolute Gasteiger partial charge is 0.310 e. The molecule has 0 radical (unpaired) electrons. The van der Waals surface area contributed by atoms with Crippen molar-refractivity contribution >= 4 is 78.2 Å². The quantitative estimate of drug-likeness (QED) is 0.0164. The molecule has 0 fully saturated rings. The molecule has 5 N–H and O–H groups in total. The van der Waals surface area contributed by atoms with E-state index in [-0.39, 0.29) is 61.0 Å². The van der Waals surface area contributed by atoms with Gasteiger partial charge in [0, 0.05) is 41.8 Å². The third-order valence-corrected chi connectivity index (χ3v) is 11.0. The molecule has 4 atom stereocenters. The van der Waals surface area contributed by atoms with Crippen LogP contribution in [0.25, 0.3) is 10.2 Å². The molecule has 0 bridgehead atoms. The number of carbonyl (C=O) groups is 5. The molecule has 16 heteroatoms. The Morgan fingerprint density at radius 1 is 0.914 bits per heavy atom. The number of rotatable bonds is 22. The van der Waals surface area contributed by atoms with Crippen molar-refractivity contribution in [1.29, 1.82) is 0 Å². The number of amides is 2. The Hall–Kier alpha value is -5.35. The van der Waals surface area contributed by atoms with E-state index < -0.39 is 57.9 Å². The summed E-state index contributed by atoms with van der Waals surface area (Å²) in [5, 5.41) is 27.4. The van der Waals surface area contributed by atoms with Gasteiger partial charge in [0.15, 0.2) is 16.5 Å². The second-order valence-corrected chi connectivity index (χ2v) is 16.8. The van der Waals surface area contributed by atoms with E-state index in [1.54, 1.807) is 6.92 Å². The highest BCUT2D eigenvalue weighted by Crippen LogP contribution is 2.29. The summed E-state index contributed by atoms with van der Waals surface area (Å²) >= 11 is 4.66. The zero-order valence-electron chi connectivity index (χ0n) is 32.9. The molecule has 4 aromatic rings. The maximum Gasteiger partial charge on any atom is 0.310 e. The minimum atomic E-state index is -1.03. The number of halogens is 1. The van der Waals surface area contributed by atoms with Crippen molar-refractivity contribution in [2.24, 2.45) is 28.5 Å². The topological polar surface area (TPSA) is 224 Å². The van der Waals surface area contributed by atoms with E-state index in [4.69, 9.17) is 5.73 Å². The van der Waals surface area contributed by atoms with Crippen molar-refractivity contribution in [3.05, 3.63) is 97.5 Å². The molecule has 3 aromatic carbocycles. The van der Waals surface area contributed by atoms with Gasteiger partial charge in [-0.2, -0.15) is 0 Å². The summed E-state index contributed by atoms with van der Waals surface area (Å²) in [5.74, 6) is -4.32. The van der Waals surface area contributed by atoms with Crippen molar-refractivity contribution in [1.82, 2.24) is 15.6 Å². The fraction of sp³-hybridized carbons (Fsp3) is 0.405. The molecule has 1 aromatic heterocycles. The van der Waals surface area contributed by atoms with Crippen LogP contribution in [-0.4, -0.2) is 68.6 Å². The number of hydrogen-bond donors (Lipinski definition) is 4. The zero-order chi connectivity index (χ0) is 42.5. The van der Waals surface area contributed by atoms with Crippen LogP contribution in [0.2, 0.25) is 0 Å². The Morgan fingerprint density at radius 2 is 1.53 bits per heavy atom. The number of thiazole rings is 1. The number of carbonyl (C=O) groups excluding carboxylic acids is 5. The number of Topliss-reactive ketones (excluding diaryl/α,β-unsaturated/α-hetero) is 3. The molecule has 0 saturated heterocycles. The van der Waals surface area contributed by atoms with Crippen molar-refractivity contribution in [3.8, 4) is 5.75 Å². The van der Waals surface area contributed by atoms with Gasteiger partial charge in [0.25, 0.3) is 0 Å². The number of nitro benzene ring substituents is 1. The van der Waals surface area contributed by atoms with Crippen LogP contribution < -0.4 is 16.4 Å². The number of aromatic nitrogens is 1. The van der Waals surface area contributed by atoms with Gasteiger partial charge >= 0.3 is 5.69 Å². The van der Waals surface area contributed by atoms with Crippen LogP contribution in [-0.2, 0) is 32.0 Å². The highest BCUT2D eigenvalue weighted by molar-refractivity contribution is 9.10. The lowest BCUT2D eigenvalue weighted by molar-refractivity contribution is -0.385. The number of hydrogen-bond acceptors (Lipinski definition) is 11. The molecular weight excluding hydrogens is 828 g/mol. The Kier molecular flexibility index (Phi) is 16.7. The maximum atomic E-state index is 14.3. The minimum Gasteiger partial charge on any atom is -0.502 e. The molecule has 0 aliphatic rings. The van der Waals surface area contributed by atoms with Gasteiger partial charge < -0.3 is 26.3 Å². The Balaban J connectivity index is 1.61. The van der Waals surface area contributed by atoms with Crippen LogP contribution in [0.5, 0.6) is 5.75 Å². The summed E-state index contributed by atoms with van der Waals surface area (Å²) in [6, 6.07) is 16.4. The molecule has 1 heterocycles. The lowest BCUT2D eigenvalue weighted by atomic mass is 9.88. The van der Waals surface area contributed by atoms with E-state index >= 15 is 0 Å². The molecule has 0 spiro atoms. The first-order valence-corrected chi connectivity index (χ1v) is 20.6. The summed E-state index contributed by atoms with van der Waals surface area (Å²) in [4.78, 5) is 88.2. The lowest BCUT2D eigenvalue weighted by Crippen LogP contribution is -2.48. The van der Waals surface area contributed by atoms with Gasteiger partial charge in [0.1, 0.15) is 5.78 Å². The predicted octanol–water partition coefficient (Wildman–Crippen LogP) is 6.68. The van der Waals surface area contributed by atoms with Gasteiger partial charge in [0.05, 0.1) is 33.1 Å². The number of amidine groups is 1. The second kappa shape index (κ2) is 21.4. The molecule has 0 saturated carbocycles. The number of nitrogens with zero attached hydrogens (tertiary/aromatic N) is 3. The van der Waals surface area contributed by atoms with Crippen molar-refractivity contribution in [2.75, 3.05) is 6.54 Å². The third kappa shape index (κ3) is 13.6. The molecule has 0 aliphatic heterocycles. The van der Waals surface area contributed by atoms with Crippen LogP contribution in [0, 0.1) is 27.9 Å². The largest absolute Gasteiger partial charge is 0.502 e. The monoisotopic (exact) mass is 876 g/mol. The Bertz CT molecular complexity index is 2120. The molecule has 14 nitrogen and oxygen atoms in total. The molecule has 58 heavy (non-hydrogen) atoms. The lowest BCUT2D eigenvalue weighted by Gasteiger charge is -2.26. The molecular formula is C42H49BrN6O8S. The standard InChI is InChI=1S/C42H49BrN6O8S/c1-24(2)18-34(47-40(54)29(19-25(3)50)21-28-13-16-36(51)35(22-28)49(56)57)37(52)23-30(20-27-11-14-31(43)15-12-27)41(55)46-33(9-7-17-45-26(4)44)39(53)42-48-32-8-5-6-10-38(32)58-42/h5-6,8,10-16,22,24,29-30,33-34,51H,7,9,17-21,23H2,1-4H3,(H2,44,45)(H,46,55)(H,47,54)/t29-,30+,33-,34-/m0/s1. The van der Waals surface area contributed by atoms with Crippen LogP contribution in [0.3, 0.4) is 0 Å². The predicted molar refractivity (Wildman–Crippen MR) is 227 cm³/mol. The minimum absolute atomic E-state index is 0.0605. The number of ketones is 3. The second-order valence-electron chi connectivity index (χ2n) is 14.9. The zero-order valence-corrected chi connectivity index (χ0v) is 35.3. The number of phenolic OH excluding ortho intramolecular Hbond substituents is 1. The molecule has 0 aliphatic carbocycles. The number of para-hydroxylation sites is 1. The summed E-state index contributed by atoms with van der Waals surface area (Å²) in [7, 11) is 0. The van der Waals surface area contributed by atoms with Crippen LogP contribution in [0.15, 0.2) is 76.2 Å². The van der Waals surface area contributed by atoms with Gasteiger partial charge in [-0.15, -0.1) is 11.3 Å². The van der Waals surface area contributed by atoms with Gasteiger partial charge in [-0.05, 0) is 93.3 Å². The summed E-state index contributed by atoms with van der Waals surface area (Å²) in [6.07, 6.45) is 0.520. The number of nitro groups is 1. The first kappa shape index (κ1) is 45.4. The first-order chi connectivity index (χ1) is 27.5. The summed E-state index contributed by atoms with van der Waals surface area (Å²) in [5.41, 5.74) is 6.98. The highest BCUT2D eigenvalue weighted by atomic mass is 79.9. The fourth-order valence-electron chi connectivity index (χ4n) is 6.55. The maximum absolute atomic E-state index is 14.3. The Morgan fingerprint density at radius 3 is 2.16 bits per heavy atom. The van der Waals surface area contributed by atoms with Crippen LogP contribution >= 0.6 is 27.3 Å². The average Bonchev–Trinajstić information content (AvgIpc) is 3.60. The van der Waals surface area contributed by atoms with Crippen molar-refractivity contribution < 1.29 is 34.0 Å². The van der Waals surface area contributed by atoms with Crippen molar-refractivity contribution in [2.45, 2.75) is 84.7 Å². The number of fused-ring (bicyclic) bond motifs is 1.